The smallest absolute Gasteiger partial charge is 0.224 e. The van der Waals surface area contributed by atoms with Crippen LogP contribution in [0.1, 0.15) is 12.0 Å². The third-order valence-electron chi connectivity index (χ3n) is 3.19. The Morgan fingerprint density at radius 2 is 1.76 bits per heavy atom. The molecular formula is C15H12Cl2N2O2. The van der Waals surface area contributed by atoms with E-state index in [0.29, 0.717) is 40.1 Å². The number of rotatable bonds is 2. The Bertz CT molecular complexity index is 712. The van der Waals surface area contributed by atoms with Crippen LogP contribution in [0.25, 0.3) is 0 Å². The van der Waals surface area contributed by atoms with Crippen molar-refractivity contribution in [2.45, 2.75) is 12.8 Å². The fourth-order valence-corrected chi connectivity index (χ4v) is 2.73. The average Bonchev–Trinajstić information content (AvgIpc) is 2.38. The number of hydrogen-bond acceptors (Lipinski definition) is 3. The second kappa shape index (κ2) is 5.47. The van der Waals surface area contributed by atoms with Gasteiger partial charge < -0.3 is 15.8 Å². The van der Waals surface area contributed by atoms with E-state index in [1.165, 1.54) is 0 Å². The predicted molar refractivity (Wildman–Crippen MR) is 84.3 cm³/mol. The minimum atomic E-state index is -0.00260. The molecule has 4 nitrogen and oxygen atoms in total. The van der Waals surface area contributed by atoms with E-state index in [4.69, 9.17) is 33.7 Å². The lowest BCUT2D eigenvalue weighted by molar-refractivity contribution is -0.116. The highest BCUT2D eigenvalue weighted by molar-refractivity contribution is 6.34. The summed E-state index contributed by atoms with van der Waals surface area (Å²) >= 11 is 11.9. The number of ether oxygens (including phenoxy) is 1. The third-order valence-corrected chi connectivity index (χ3v) is 3.63. The van der Waals surface area contributed by atoms with E-state index >= 15 is 0 Å². The molecule has 3 N–H and O–H groups in total. The van der Waals surface area contributed by atoms with Gasteiger partial charge >= 0.3 is 0 Å². The molecule has 1 aliphatic rings. The van der Waals surface area contributed by atoms with Gasteiger partial charge in [-0.25, -0.2) is 0 Å². The van der Waals surface area contributed by atoms with Crippen molar-refractivity contribution in [1.29, 1.82) is 0 Å². The van der Waals surface area contributed by atoms with Gasteiger partial charge in [0.15, 0.2) is 5.75 Å². The molecule has 0 radical (unpaired) electrons. The maximum atomic E-state index is 11.4. The van der Waals surface area contributed by atoms with E-state index in [1.807, 2.05) is 6.07 Å². The molecule has 0 aliphatic carbocycles. The summed E-state index contributed by atoms with van der Waals surface area (Å²) in [4.78, 5) is 11.4. The number of nitrogens with two attached hydrogens (primary N) is 1. The Labute approximate surface area is 131 Å². The maximum Gasteiger partial charge on any atom is 0.224 e. The van der Waals surface area contributed by atoms with Gasteiger partial charge in [-0.2, -0.15) is 0 Å². The van der Waals surface area contributed by atoms with E-state index in [-0.39, 0.29) is 5.91 Å². The number of carbonyl (C=O) groups is 1. The second-order valence-electron chi connectivity index (χ2n) is 4.80. The van der Waals surface area contributed by atoms with E-state index in [0.717, 1.165) is 11.3 Å². The Kier molecular flexibility index (Phi) is 3.66. The van der Waals surface area contributed by atoms with Crippen molar-refractivity contribution in [3.63, 3.8) is 0 Å². The van der Waals surface area contributed by atoms with Crippen LogP contribution < -0.4 is 15.8 Å². The number of carbonyl (C=O) groups excluding carboxylic acids is 1. The van der Waals surface area contributed by atoms with Crippen LogP contribution >= 0.6 is 23.2 Å². The number of nitrogens with one attached hydrogen (secondary N) is 1. The topological polar surface area (TPSA) is 64.3 Å². The van der Waals surface area contributed by atoms with Crippen LogP contribution in [0.2, 0.25) is 10.0 Å². The summed E-state index contributed by atoms with van der Waals surface area (Å²) in [7, 11) is 0. The largest absolute Gasteiger partial charge is 0.455 e. The first-order chi connectivity index (χ1) is 10.0. The molecular weight excluding hydrogens is 311 g/mol. The van der Waals surface area contributed by atoms with E-state index in [1.54, 1.807) is 24.3 Å². The van der Waals surface area contributed by atoms with Crippen LogP contribution in [0.5, 0.6) is 11.5 Å². The summed E-state index contributed by atoms with van der Waals surface area (Å²) in [6, 6.07) is 8.48. The SMILES string of the molecule is Nc1cc2c(cc1Oc1cc(Cl)cc(Cl)c1)CCC(=O)N2. The Morgan fingerprint density at radius 1 is 1.05 bits per heavy atom. The third kappa shape index (κ3) is 3.06. The maximum absolute atomic E-state index is 11.4. The zero-order valence-electron chi connectivity index (χ0n) is 11.0. The normalized spacial score (nSPS) is 13.5. The predicted octanol–water partition coefficient (Wildman–Crippen LogP) is 4.25. The van der Waals surface area contributed by atoms with Crippen molar-refractivity contribution in [2.75, 3.05) is 11.1 Å². The first-order valence-corrected chi connectivity index (χ1v) is 7.13. The molecule has 0 fully saturated rings. The number of hydrogen-bond donors (Lipinski definition) is 2. The summed E-state index contributed by atoms with van der Waals surface area (Å²) in [6.45, 7) is 0. The van der Waals surface area contributed by atoms with E-state index in [9.17, 15) is 4.79 Å². The molecule has 0 saturated heterocycles. The number of amides is 1. The van der Waals surface area contributed by atoms with Crippen molar-refractivity contribution in [1.82, 2.24) is 0 Å². The molecule has 6 heteroatoms. The molecule has 21 heavy (non-hydrogen) atoms. The zero-order chi connectivity index (χ0) is 15.0. The molecule has 1 heterocycles. The van der Waals surface area contributed by atoms with Gasteiger partial charge in [-0.3, -0.25) is 4.79 Å². The first-order valence-electron chi connectivity index (χ1n) is 6.37. The van der Waals surface area contributed by atoms with E-state index in [2.05, 4.69) is 5.32 Å². The van der Waals surface area contributed by atoms with Crippen LogP contribution in [0.15, 0.2) is 30.3 Å². The number of fused-ring (bicyclic) bond motifs is 1. The highest BCUT2D eigenvalue weighted by Gasteiger charge is 2.17. The minimum absolute atomic E-state index is 0.00260. The van der Waals surface area contributed by atoms with Crippen molar-refractivity contribution < 1.29 is 9.53 Å². The molecule has 2 aromatic carbocycles. The molecule has 1 aliphatic heterocycles. The molecule has 2 aromatic rings. The summed E-state index contributed by atoms with van der Waals surface area (Å²) in [6.07, 6.45) is 1.12. The zero-order valence-corrected chi connectivity index (χ0v) is 12.5. The highest BCUT2D eigenvalue weighted by atomic mass is 35.5. The molecule has 3 rings (SSSR count). The number of nitrogen functional groups attached to an aromatic ring is 1. The molecule has 1 amide bonds. The fraction of sp³-hybridized carbons (Fsp3) is 0.133. The van der Waals surface area contributed by atoms with Crippen molar-refractivity contribution in [3.8, 4) is 11.5 Å². The first kappa shape index (κ1) is 14.0. The lowest BCUT2D eigenvalue weighted by Crippen LogP contribution is -2.19. The van der Waals surface area contributed by atoms with Gasteiger partial charge in [0.05, 0.1) is 5.69 Å². The molecule has 0 aromatic heterocycles. The van der Waals surface area contributed by atoms with Crippen LogP contribution in [-0.4, -0.2) is 5.91 Å². The van der Waals surface area contributed by atoms with Gasteiger partial charge in [-0.05, 0) is 42.3 Å². The summed E-state index contributed by atoms with van der Waals surface area (Å²) in [5.41, 5.74) is 8.14. The van der Waals surface area contributed by atoms with Crippen molar-refractivity contribution in [3.05, 3.63) is 45.9 Å². The molecule has 108 valence electrons. The minimum Gasteiger partial charge on any atom is -0.455 e. The molecule has 0 bridgehead atoms. The number of halogens is 2. The number of benzene rings is 2. The van der Waals surface area contributed by atoms with Crippen LogP contribution in [0.3, 0.4) is 0 Å². The second-order valence-corrected chi connectivity index (χ2v) is 5.68. The lowest BCUT2D eigenvalue weighted by Gasteiger charge is -2.19. The molecule has 0 atom stereocenters. The van der Waals surface area contributed by atoms with Gasteiger partial charge in [-0.1, -0.05) is 23.2 Å². The van der Waals surface area contributed by atoms with E-state index < -0.39 is 0 Å². The highest BCUT2D eigenvalue weighted by Crippen LogP contribution is 2.36. The van der Waals surface area contributed by atoms with Crippen molar-refractivity contribution >= 4 is 40.5 Å². The number of anilines is 2. The molecule has 0 saturated carbocycles. The number of aryl methyl sites for hydroxylation is 1. The Hall–Kier alpha value is -1.91. The van der Waals surface area contributed by atoms with Crippen molar-refractivity contribution in [2.24, 2.45) is 0 Å². The van der Waals surface area contributed by atoms with Gasteiger partial charge in [0.25, 0.3) is 0 Å². The van der Waals surface area contributed by atoms with Crippen LogP contribution in [-0.2, 0) is 11.2 Å². The van der Waals surface area contributed by atoms with Gasteiger partial charge in [0.2, 0.25) is 5.91 Å². The van der Waals surface area contributed by atoms with Crippen LogP contribution in [0, 0.1) is 0 Å². The summed E-state index contributed by atoms with van der Waals surface area (Å²) in [5.74, 6) is 1.03. The lowest BCUT2D eigenvalue weighted by atomic mass is 10.0. The molecule has 0 unspecified atom stereocenters. The quantitative estimate of drug-likeness (QED) is 0.812. The van der Waals surface area contributed by atoms with Gasteiger partial charge in [0, 0.05) is 22.2 Å². The van der Waals surface area contributed by atoms with Gasteiger partial charge in [0.1, 0.15) is 5.75 Å². The summed E-state index contributed by atoms with van der Waals surface area (Å²) < 4.78 is 5.76. The average molecular weight is 323 g/mol. The van der Waals surface area contributed by atoms with Crippen LogP contribution in [0.4, 0.5) is 11.4 Å². The van der Waals surface area contributed by atoms with Gasteiger partial charge in [-0.15, -0.1) is 0 Å². The standard InChI is InChI=1S/C15H12Cl2N2O2/c16-9-4-10(17)6-11(5-9)21-14-3-8-1-2-15(20)19-13(8)7-12(14)18/h3-7H,1-2,18H2,(H,19,20). The monoisotopic (exact) mass is 322 g/mol. The molecule has 0 spiro atoms. The summed E-state index contributed by atoms with van der Waals surface area (Å²) in [5, 5.41) is 3.77. The Morgan fingerprint density at radius 3 is 2.48 bits per heavy atom. The fourth-order valence-electron chi connectivity index (χ4n) is 2.23. The Balaban J connectivity index is 1.94.